The van der Waals surface area contributed by atoms with Gasteiger partial charge in [0, 0.05) is 7.05 Å². The molecule has 0 aromatic carbocycles. The van der Waals surface area contributed by atoms with E-state index in [0.29, 0.717) is 0 Å². The van der Waals surface area contributed by atoms with Crippen molar-refractivity contribution in [3.63, 3.8) is 0 Å². The van der Waals surface area contributed by atoms with Crippen LogP contribution in [0.2, 0.25) is 0 Å². The van der Waals surface area contributed by atoms with E-state index in [2.05, 4.69) is 24.0 Å². The molecule has 0 aliphatic heterocycles. The van der Waals surface area contributed by atoms with Crippen molar-refractivity contribution in [2.24, 2.45) is 0 Å². The van der Waals surface area contributed by atoms with Crippen molar-refractivity contribution < 1.29 is 4.74 Å². The number of hydrogen-bond donors (Lipinski definition) is 1. The van der Waals surface area contributed by atoms with Crippen LogP contribution < -0.4 is 5.32 Å². The average molecular weight is 203 g/mol. The molecule has 0 radical (unpaired) electrons. The molecule has 1 rings (SSSR count). The summed E-state index contributed by atoms with van der Waals surface area (Å²) in [5, 5.41) is 2.92. The predicted molar refractivity (Wildman–Crippen MR) is 64.0 cm³/mol. The van der Waals surface area contributed by atoms with Crippen molar-refractivity contribution >= 4 is 0 Å². The molecule has 0 atom stereocenters. The van der Waals surface area contributed by atoms with Gasteiger partial charge in [0.1, 0.15) is 11.5 Å². The van der Waals surface area contributed by atoms with Gasteiger partial charge in [0.15, 0.2) is 0 Å². The van der Waals surface area contributed by atoms with Crippen LogP contribution in [0.1, 0.15) is 12.8 Å². The Morgan fingerprint density at radius 1 is 1.53 bits per heavy atom. The molecule has 0 bridgehead atoms. The van der Waals surface area contributed by atoms with Crippen molar-refractivity contribution in [3.8, 4) is 0 Å². The van der Waals surface area contributed by atoms with E-state index < -0.39 is 0 Å². The molecule has 15 heavy (non-hydrogen) atoms. The van der Waals surface area contributed by atoms with Crippen LogP contribution in [0, 0.1) is 0 Å². The molecule has 0 saturated carbocycles. The number of hydrogen-bond acceptors (Lipinski definition) is 2. The molecule has 1 N–H and O–H groups in total. The van der Waals surface area contributed by atoms with Crippen LogP contribution in [-0.2, 0) is 4.74 Å². The first-order valence-electron chi connectivity index (χ1n) is 5.08. The minimum atomic E-state index is 0.775. The van der Waals surface area contributed by atoms with E-state index in [-0.39, 0.29) is 0 Å². The first kappa shape index (κ1) is 11.4. The maximum Gasteiger partial charge on any atom is 0.128 e. The molecule has 2 nitrogen and oxygen atoms in total. The summed E-state index contributed by atoms with van der Waals surface area (Å²) in [7, 11) is 1.85. The fourth-order valence-electron chi connectivity index (χ4n) is 1.21. The first-order valence-corrected chi connectivity index (χ1v) is 5.08. The lowest BCUT2D eigenvalue weighted by Crippen LogP contribution is -1.95. The van der Waals surface area contributed by atoms with Crippen molar-refractivity contribution in [1.29, 1.82) is 0 Å². The minimum Gasteiger partial charge on any atom is -0.458 e. The van der Waals surface area contributed by atoms with Gasteiger partial charge in [0.25, 0.3) is 0 Å². The molecule has 1 aliphatic rings. The molecular weight excluding hydrogens is 186 g/mol. The van der Waals surface area contributed by atoms with Gasteiger partial charge in [-0.15, -0.1) is 0 Å². The number of allylic oxidation sites excluding steroid dienone is 6. The Balaban J connectivity index is 2.62. The molecule has 0 heterocycles. The van der Waals surface area contributed by atoms with E-state index in [9.17, 15) is 0 Å². The quantitative estimate of drug-likeness (QED) is 0.547. The van der Waals surface area contributed by atoms with Crippen LogP contribution in [0.5, 0.6) is 0 Å². The summed E-state index contributed by atoms with van der Waals surface area (Å²) in [4.78, 5) is 0. The third-order valence-electron chi connectivity index (χ3n) is 1.89. The molecule has 2 heteroatoms. The van der Waals surface area contributed by atoms with Crippen LogP contribution in [-0.4, -0.2) is 7.05 Å². The van der Waals surface area contributed by atoms with Gasteiger partial charge in [-0.2, -0.15) is 0 Å². The smallest absolute Gasteiger partial charge is 0.128 e. The standard InChI is InChI=1S/C13H17NO/c1-3-7-12(10-11-14-2)15-13-8-5-4-6-9-13/h3,5,7-11,14H,1,4,6H2,2H3/b11-10+,12-7+. The topological polar surface area (TPSA) is 21.3 Å². The van der Waals surface area contributed by atoms with Crippen molar-refractivity contribution in [2.75, 3.05) is 7.05 Å². The van der Waals surface area contributed by atoms with E-state index in [1.165, 1.54) is 0 Å². The summed E-state index contributed by atoms with van der Waals surface area (Å²) in [5.41, 5.74) is 0. The zero-order valence-electron chi connectivity index (χ0n) is 9.07. The third kappa shape index (κ3) is 4.36. The van der Waals surface area contributed by atoms with Gasteiger partial charge in [0.05, 0.1) is 0 Å². The van der Waals surface area contributed by atoms with Gasteiger partial charge in [-0.05, 0) is 43.3 Å². The molecule has 1 aliphatic carbocycles. The summed E-state index contributed by atoms with van der Waals surface area (Å²) in [6.45, 7) is 3.65. The Kier molecular flexibility index (Phi) is 5.09. The van der Waals surface area contributed by atoms with Gasteiger partial charge in [-0.25, -0.2) is 0 Å². The molecule has 80 valence electrons. The van der Waals surface area contributed by atoms with Gasteiger partial charge >= 0.3 is 0 Å². The van der Waals surface area contributed by atoms with Gasteiger partial charge in [0.2, 0.25) is 0 Å². The van der Waals surface area contributed by atoms with E-state index in [4.69, 9.17) is 4.74 Å². The van der Waals surface area contributed by atoms with Gasteiger partial charge in [-0.1, -0.05) is 18.7 Å². The second-order valence-corrected chi connectivity index (χ2v) is 3.12. The van der Waals surface area contributed by atoms with Crippen LogP contribution >= 0.6 is 0 Å². The van der Waals surface area contributed by atoms with Crippen molar-refractivity contribution in [3.05, 3.63) is 60.8 Å². The Hall–Kier alpha value is -1.70. The van der Waals surface area contributed by atoms with Crippen LogP contribution in [0.15, 0.2) is 60.8 Å². The lowest BCUT2D eigenvalue weighted by molar-refractivity contribution is 0.332. The molecule has 0 fully saturated rings. The van der Waals surface area contributed by atoms with E-state index >= 15 is 0 Å². The molecule has 0 saturated heterocycles. The highest BCUT2D eigenvalue weighted by Crippen LogP contribution is 2.15. The Morgan fingerprint density at radius 2 is 2.40 bits per heavy atom. The highest BCUT2D eigenvalue weighted by Gasteiger charge is 1.99. The van der Waals surface area contributed by atoms with Gasteiger partial charge in [-0.3, -0.25) is 0 Å². The summed E-state index contributed by atoms with van der Waals surface area (Å²) < 4.78 is 5.67. The molecule has 0 spiro atoms. The van der Waals surface area contributed by atoms with Crippen molar-refractivity contribution in [2.45, 2.75) is 12.8 Å². The normalized spacial score (nSPS) is 16.3. The van der Waals surface area contributed by atoms with E-state index in [0.717, 1.165) is 24.4 Å². The summed E-state index contributed by atoms with van der Waals surface area (Å²) >= 11 is 0. The monoisotopic (exact) mass is 203 g/mol. The third-order valence-corrected chi connectivity index (χ3v) is 1.89. The molecule has 0 amide bonds. The largest absolute Gasteiger partial charge is 0.458 e. The summed E-state index contributed by atoms with van der Waals surface area (Å²) in [6, 6.07) is 0. The average Bonchev–Trinajstić information content (AvgIpc) is 2.28. The maximum atomic E-state index is 5.67. The molecule has 0 unspecified atom stereocenters. The lowest BCUT2D eigenvalue weighted by atomic mass is 10.2. The fourth-order valence-corrected chi connectivity index (χ4v) is 1.21. The number of rotatable bonds is 5. The summed E-state index contributed by atoms with van der Waals surface area (Å²) in [6.07, 6.45) is 15.6. The molecule has 0 aromatic heterocycles. The molecule has 0 aromatic rings. The van der Waals surface area contributed by atoms with Gasteiger partial charge < -0.3 is 10.1 Å². The second-order valence-electron chi connectivity index (χ2n) is 3.12. The zero-order chi connectivity index (χ0) is 10.9. The van der Waals surface area contributed by atoms with E-state index in [1.807, 2.05) is 31.5 Å². The fraction of sp³-hybridized carbons (Fsp3) is 0.231. The Bertz CT molecular complexity index is 321. The second kappa shape index (κ2) is 6.71. The first-order chi connectivity index (χ1) is 7.36. The van der Waals surface area contributed by atoms with E-state index in [1.54, 1.807) is 6.08 Å². The highest BCUT2D eigenvalue weighted by atomic mass is 16.5. The number of ether oxygens (including phenoxy) is 1. The predicted octanol–water partition coefficient (Wildman–Crippen LogP) is 3.04. The van der Waals surface area contributed by atoms with Crippen LogP contribution in [0.25, 0.3) is 0 Å². The lowest BCUT2D eigenvalue weighted by Gasteiger charge is -2.09. The SMILES string of the molecule is C=C/C=C(\C=C\NC)OC1=CCCC=C1. The minimum absolute atomic E-state index is 0.775. The van der Waals surface area contributed by atoms with Crippen LogP contribution in [0.4, 0.5) is 0 Å². The highest BCUT2D eigenvalue weighted by molar-refractivity contribution is 5.24. The van der Waals surface area contributed by atoms with Crippen molar-refractivity contribution in [1.82, 2.24) is 5.32 Å². The summed E-state index contributed by atoms with van der Waals surface area (Å²) in [5.74, 6) is 1.67. The maximum absolute atomic E-state index is 5.67. The number of nitrogens with one attached hydrogen (secondary N) is 1. The van der Waals surface area contributed by atoms with Crippen LogP contribution in [0.3, 0.4) is 0 Å². The Labute approximate surface area is 91.3 Å². The molecular formula is C13H17NO. The Morgan fingerprint density at radius 3 is 3.00 bits per heavy atom. The zero-order valence-corrected chi connectivity index (χ0v) is 9.07.